The zero-order chi connectivity index (χ0) is 20.1. The van der Waals surface area contributed by atoms with Crippen LogP contribution in [0.5, 0.6) is 5.75 Å². The zero-order valence-corrected chi connectivity index (χ0v) is 17.4. The fourth-order valence-corrected chi connectivity index (χ4v) is 4.17. The van der Waals surface area contributed by atoms with Crippen molar-refractivity contribution >= 4 is 5.78 Å². The number of piperidine rings is 1. The minimum absolute atomic E-state index is 0.665. The highest BCUT2D eigenvalue weighted by Gasteiger charge is 2.21. The molecule has 1 aliphatic heterocycles. The number of nitrogens with zero attached hydrogens (tertiary/aromatic N) is 6. The lowest BCUT2D eigenvalue weighted by molar-refractivity contribution is 0.141. The van der Waals surface area contributed by atoms with Gasteiger partial charge in [0.2, 0.25) is 0 Å². The van der Waals surface area contributed by atoms with E-state index in [1.165, 1.54) is 31.5 Å². The number of rotatable bonds is 8. The van der Waals surface area contributed by atoms with Gasteiger partial charge >= 0.3 is 0 Å². The summed E-state index contributed by atoms with van der Waals surface area (Å²) in [6.45, 7) is 5.32. The molecular weight excluding hydrogens is 364 g/mol. The number of aromatic nitrogens is 4. The van der Waals surface area contributed by atoms with E-state index in [9.17, 15) is 0 Å². The van der Waals surface area contributed by atoms with Crippen LogP contribution in [0.4, 0.5) is 0 Å². The number of fused-ring (bicyclic) bond motifs is 1. The molecule has 0 spiro atoms. The molecule has 1 atom stereocenters. The van der Waals surface area contributed by atoms with Gasteiger partial charge in [0, 0.05) is 32.0 Å². The molecule has 7 nitrogen and oxygen atoms in total. The van der Waals surface area contributed by atoms with E-state index in [1.807, 2.05) is 24.4 Å². The molecule has 1 fully saturated rings. The van der Waals surface area contributed by atoms with Gasteiger partial charge in [0.25, 0.3) is 5.78 Å². The predicted octanol–water partition coefficient (Wildman–Crippen LogP) is 2.52. The minimum Gasteiger partial charge on any atom is -0.497 e. The summed E-state index contributed by atoms with van der Waals surface area (Å²) >= 11 is 0. The molecule has 1 aromatic carbocycles. The molecule has 0 saturated carbocycles. The second-order valence-corrected chi connectivity index (χ2v) is 8.00. The summed E-state index contributed by atoms with van der Waals surface area (Å²) in [5, 5.41) is 4.52. The smallest absolute Gasteiger partial charge is 0.252 e. The molecule has 7 heteroatoms. The molecule has 1 saturated heterocycles. The molecule has 3 aromatic rings. The Morgan fingerprint density at radius 2 is 2.10 bits per heavy atom. The Kier molecular flexibility index (Phi) is 6.36. The SMILES string of the molecule is COc1ccc(CCN2CCCC(CN(C)Cc3nc4ncccn4n3)C2)cc1. The van der Waals surface area contributed by atoms with E-state index in [-0.39, 0.29) is 0 Å². The highest BCUT2D eigenvalue weighted by atomic mass is 16.5. The predicted molar refractivity (Wildman–Crippen MR) is 113 cm³/mol. The van der Waals surface area contributed by atoms with Crippen LogP contribution in [0, 0.1) is 5.92 Å². The maximum absolute atomic E-state index is 5.25. The zero-order valence-electron chi connectivity index (χ0n) is 17.4. The summed E-state index contributed by atoms with van der Waals surface area (Å²) in [7, 11) is 3.87. The Morgan fingerprint density at radius 1 is 1.24 bits per heavy atom. The van der Waals surface area contributed by atoms with Crippen molar-refractivity contribution in [2.24, 2.45) is 5.92 Å². The second-order valence-electron chi connectivity index (χ2n) is 8.00. The van der Waals surface area contributed by atoms with Crippen LogP contribution in [0.3, 0.4) is 0 Å². The summed E-state index contributed by atoms with van der Waals surface area (Å²) in [6.07, 6.45) is 7.30. The lowest BCUT2D eigenvalue weighted by Crippen LogP contribution is -2.40. The van der Waals surface area contributed by atoms with Gasteiger partial charge in [-0.05, 0) is 62.5 Å². The molecule has 3 heterocycles. The standard InChI is InChI=1S/C22H30N6O/c1-26(17-21-24-22-23-11-4-13-28(22)25-21)15-19-5-3-12-27(16-19)14-10-18-6-8-20(29-2)9-7-18/h4,6-9,11,13,19H,3,5,10,12,14-17H2,1-2H3. The number of likely N-dealkylation sites (tertiary alicyclic amines) is 1. The fraction of sp³-hybridized carbons (Fsp3) is 0.500. The van der Waals surface area contributed by atoms with Gasteiger partial charge in [-0.2, -0.15) is 4.98 Å². The molecule has 154 valence electrons. The quantitative estimate of drug-likeness (QED) is 0.585. The molecule has 4 rings (SSSR count). The molecule has 1 aliphatic rings. The third kappa shape index (κ3) is 5.31. The lowest BCUT2D eigenvalue weighted by atomic mass is 9.97. The van der Waals surface area contributed by atoms with Crippen molar-refractivity contribution in [2.75, 3.05) is 40.3 Å². The van der Waals surface area contributed by atoms with Crippen LogP contribution >= 0.6 is 0 Å². The molecule has 1 unspecified atom stereocenters. The highest BCUT2D eigenvalue weighted by molar-refractivity contribution is 5.27. The van der Waals surface area contributed by atoms with Crippen molar-refractivity contribution in [3.8, 4) is 5.75 Å². The number of methoxy groups -OCH3 is 1. The molecule has 2 aromatic heterocycles. The Hall–Kier alpha value is -2.51. The highest BCUT2D eigenvalue weighted by Crippen LogP contribution is 2.19. The molecule has 0 amide bonds. The number of benzene rings is 1. The van der Waals surface area contributed by atoms with Crippen LogP contribution in [-0.2, 0) is 13.0 Å². The summed E-state index contributed by atoms with van der Waals surface area (Å²) in [6, 6.07) is 10.3. The largest absolute Gasteiger partial charge is 0.497 e. The molecule has 0 aliphatic carbocycles. The first-order chi connectivity index (χ1) is 14.2. The van der Waals surface area contributed by atoms with Crippen LogP contribution in [-0.4, -0.2) is 69.7 Å². The average Bonchev–Trinajstić information content (AvgIpc) is 3.15. The van der Waals surface area contributed by atoms with Crippen LogP contribution in [0.15, 0.2) is 42.7 Å². The van der Waals surface area contributed by atoms with Crippen molar-refractivity contribution in [2.45, 2.75) is 25.8 Å². The van der Waals surface area contributed by atoms with Crippen molar-refractivity contribution < 1.29 is 4.74 Å². The first-order valence-corrected chi connectivity index (χ1v) is 10.4. The Labute approximate surface area is 172 Å². The average molecular weight is 395 g/mol. The molecule has 29 heavy (non-hydrogen) atoms. The van der Waals surface area contributed by atoms with Gasteiger partial charge in [-0.25, -0.2) is 9.50 Å². The van der Waals surface area contributed by atoms with Crippen molar-refractivity contribution in [1.82, 2.24) is 29.4 Å². The van der Waals surface area contributed by atoms with E-state index in [1.54, 1.807) is 17.8 Å². The maximum Gasteiger partial charge on any atom is 0.252 e. The second kappa shape index (κ2) is 9.33. The topological polar surface area (TPSA) is 58.8 Å². The van der Waals surface area contributed by atoms with E-state index in [4.69, 9.17) is 4.74 Å². The van der Waals surface area contributed by atoms with Crippen LogP contribution in [0.2, 0.25) is 0 Å². The van der Waals surface area contributed by atoms with Gasteiger partial charge in [-0.1, -0.05) is 12.1 Å². The van der Waals surface area contributed by atoms with E-state index < -0.39 is 0 Å². The van der Waals surface area contributed by atoms with E-state index >= 15 is 0 Å². The van der Waals surface area contributed by atoms with Crippen LogP contribution in [0.25, 0.3) is 5.78 Å². The van der Waals surface area contributed by atoms with Crippen LogP contribution < -0.4 is 4.74 Å². The van der Waals surface area contributed by atoms with Gasteiger partial charge in [0.05, 0.1) is 13.7 Å². The first kappa shape index (κ1) is 19.8. The van der Waals surface area contributed by atoms with E-state index in [0.717, 1.165) is 37.6 Å². The van der Waals surface area contributed by atoms with Gasteiger partial charge in [0.15, 0.2) is 5.82 Å². The van der Waals surface area contributed by atoms with Crippen LogP contribution in [0.1, 0.15) is 24.2 Å². The summed E-state index contributed by atoms with van der Waals surface area (Å²) in [4.78, 5) is 13.7. The van der Waals surface area contributed by atoms with Crippen molar-refractivity contribution in [3.63, 3.8) is 0 Å². The summed E-state index contributed by atoms with van der Waals surface area (Å²) in [5.41, 5.74) is 1.37. The molecule has 0 N–H and O–H groups in total. The van der Waals surface area contributed by atoms with E-state index in [0.29, 0.717) is 11.7 Å². The number of hydrogen-bond donors (Lipinski definition) is 0. The first-order valence-electron chi connectivity index (χ1n) is 10.4. The molecule has 0 radical (unpaired) electrons. The number of ether oxygens (including phenoxy) is 1. The Morgan fingerprint density at radius 3 is 2.90 bits per heavy atom. The summed E-state index contributed by atoms with van der Waals surface area (Å²) in [5.74, 6) is 3.11. The van der Waals surface area contributed by atoms with Crippen molar-refractivity contribution in [1.29, 1.82) is 0 Å². The normalized spacial score (nSPS) is 17.8. The van der Waals surface area contributed by atoms with Gasteiger partial charge in [-0.3, -0.25) is 4.90 Å². The van der Waals surface area contributed by atoms with Gasteiger partial charge in [0.1, 0.15) is 5.75 Å². The van der Waals surface area contributed by atoms with E-state index in [2.05, 4.69) is 44.0 Å². The van der Waals surface area contributed by atoms with Gasteiger partial charge < -0.3 is 9.64 Å². The maximum atomic E-state index is 5.25. The Bertz CT molecular complexity index is 876. The monoisotopic (exact) mass is 394 g/mol. The molecule has 0 bridgehead atoms. The van der Waals surface area contributed by atoms with Crippen molar-refractivity contribution in [3.05, 3.63) is 54.1 Å². The lowest BCUT2D eigenvalue weighted by Gasteiger charge is -2.34. The summed E-state index contributed by atoms with van der Waals surface area (Å²) < 4.78 is 6.99. The molecular formula is C22H30N6O. The third-order valence-corrected chi connectivity index (χ3v) is 5.62. The van der Waals surface area contributed by atoms with Gasteiger partial charge in [-0.15, -0.1) is 5.10 Å². The Balaban J connectivity index is 1.25. The number of hydrogen-bond acceptors (Lipinski definition) is 6. The minimum atomic E-state index is 0.665. The fourth-order valence-electron chi connectivity index (χ4n) is 4.17. The third-order valence-electron chi connectivity index (χ3n) is 5.62.